The van der Waals surface area contributed by atoms with Crippen LogP contribution in [0.25, 0.3) is 0 Å². The maximum atomic E-state index is 12.6. The van der Waals surface area contributed by atoms with Gasteiger partial charge in [0.05, 0.1) is 23.1 Å². The highest BCUT2D eigenvalue weighted by atomic mass is 35.5. The Balaban J connectivity index is 1.78. The molecule has 0 bridgehead atoms. The van der Waals surface area contributed by atoms with E-state index in [1.165, 1.54) is 12.1 Å². The number of aryl methyl sites for hydroxylation is 1. The molecule has 0 spiro atoms. The number of amides is 1. The molecular formula is C25H26ClN3O4. The van der Waals surface area contributed by atoms with Crippen LogP contribution in [0.4, 0.5) is 5.69 Å². The van der Waals surface area contributed by atoms with Crippen LogP contribution in [-0.2, 0) is 19.4 Å². The number of carboxylic acid groups (broad SMARTS) is 1. The number of aliphatic hydroxyl groups is 1. The van der Waals surface area contributed by atoms with E-state index in [0.29, 0.717) is 23.8 Å². The summed E-state index contributed by atoms with van der Waals surface area (Å²) in [4.78, 5) is 28.5. The van der Waals surface area contributed by atoms with Gasteiger partial charge in [-0.3, -0.25) is 4.79 Å². The Morgan fingerprint density at radius 1 is 1.12 bits per heavy atom. The van der Waals surface area contributed by atoms with Crippen LogP contribution in [0.15, 0.2) is 60.9 Å². The largest absolute Gasteiger partial charge is 0.516 e. The van der Waals surface area contributed by atoms with Gasteiger partial charge in [0.15, 0.2) is 5.15 Å². The Kier molecular flexibility index (Phi) is 8.27. The quantitative estimate of drug-likeness (QED) is 0.342. The summed E-state index contributed by atoms with van der Waals surface area (Å²) in [5, 5.41) is 21.5. The highest BCUT2D eigenvalue weighted by Gasteiger charge is 2.17. The van der Waals surface area contributed by atoms with E-state index < -0.39 is 11.9 Å². The average molecular weight is 468 g/mol. The Labute approximate surface area is 197 Å². The molecule has 0 radical (unpaired) electrons. The normalized spacial score (nSPS) is 11.1. The number of hydrogen-bond donors (Lipinski definition) is 3. The van der Waals surface area contributed by atoms with Crippen LogP contribution in [0, 0.1) is 0 Å². The summed E-state index contributed by atoms with van der Waals surface area (Å²) < 4.78 is 2.06. The van der Waals surface area contributed by atoms with Gasteiger partial charge in [0.25, 0.3) is 5.91 Å². The number of allylic oxidation sites excluding steroid dienone is 1. The van der Waals surface area contributed by atoms with E-state index in [-0.39, 0.29) is 11.1 Å². The number of rotatable bonds is 10. The van der Waals surface area contributed by atoms with Gasteiger partial charge >= 0.3 is 5.97 Å². The fourth-order valence-electron chi connectivity index (χ4n) is 3.52. The van der Waals surface area contributed by atoms with E-state index >= 15 is 0 Å². The molecule has 33 heavy (non-hydrogen) atoms. The Morgan fingerprint density at radius 3 is 2.45 bits per heavy atom. The first-order valence-electron chi connectivity index (χ1n) is 10.7. The van der Waals surface area contributed by atoms with Crippen molar-refractivity contribution < 1.29 is 19.8 Å². The third-order valence-corrected chi connectivity index (χ3v) is 5.53. The zero-order chi connectivity index (χ0) is 23.8. The number of carbonyl (C=O) groups excluding carboxylic acids is 1. The van der Waals surface area contributed by atoms with Gasteiger partial charge in [0.1, 0.15) is 5.82 Å². The SMILES string of the molecule is CCCCc1nc(Cl)c(C/C=C\O)n1Cc1ccc(NC(=O)c2ccccc2C(=O)O)cc1. The van der Waals surface area contributed by atoms with Crippen LogP contribution >= 0.6 is 11.6 Å². The molecule has 2 aromatic carbocycles. The van der Waals surface area contributed by atoms with E-state index in [2.05, 4.69) is 21.8 Å². The van der Waals surface area contributed by atoms with Crippen LogP contribution < -0.4 is 5.32 Å². The zero-order valence-corrected chi connectivity index (χ0v) is 19.0. The van der Waals surface area contributed by atoms with Gasteiger partial charge in [-0.25, -0.2) is 9.78 Å². The van der Waals surface area contributed by atoms with E-state index in [9.17, 15) is 14.7 Å². The highest BCUT2D eigenvalue weighted by molar-refractivity contribution is 6.30. The molecule has 1 heterocycles. The molecule has 3 aromatic rings. The minimum atomic E-state index is -1.15. The molecule has 0 saturated heterocycles. The molecule has 1 amide bonds. The molecule has 8 heteroatoms. The third-order valence-electron chi connectivity index (χ3n) is 5.23. The smallest absolute Gasteiger partial charge is 0.336 e. The number of imidazole rings is 1. The number of halogens is 1. The van der Waals surface area contributed by atoms with Gasteiger partial charge in [0, 0.05) is 25.1 Å². The number of carbonyl (C=O) groups is 2. The van der Waals surface area contributed by atoms with Crippen LogP contribution in [0.5, 0.6) is 0 Å². The third kappa shape index (κ3) is 6.02. The topological polar surface area (TPSA) is 104 Å². The fraction of sp³-hybridized carbons (Fsp3) is 0.240. The average Bonchev–Trinajstić information content (AvgIpc) is 3.11. The summed E-state index contributed by atoms with van der Waals surface area (Å²) in [7, 11) is 0. The van der Waals surface area contributed by atoms with E-state index in [4.69, 9.17) is 16.7 Å². The molecule has 0 aliphatic heterocycles. The van der Waals surface area contributed by atoms with Crippen molar-refractivity contribution in [3.63, 3.8) is 0 Å². The van der Waals surface area contributed by atoms with Gasteiger partial charge in [-0.15, -0.1) is 0 Å². The van der Waals surface area contributed by atoms with Crippen LogP contribution in [0.2, 0.25) is 5.15 Å². The Hall–Kier alpha value is -3.58. The monoisotopic (exact) mass is 467 g/mol. The number of unbranched alkanes of at least 4 members (excludes halogenated alkanes) is 1. The van der Waals surface area contributed by atoms with E-state index in [1.807, 2.05) is 12.1 Å². The summed E-state index contributed by atoms with van der Waals surface area (Å²) in [6.07, 6.45) is 5.92. The van der Waals surface area contributed by atoms with Crippen molar-refractivity contribution in [2.24, 2.45) is 0 Å². The predicted octanol–water partition coefficient (Wildman–Crippen LogP) is 5.49. The molecular weight excluding hydrogens is 442 g/mol. The number of aliphatic hydroxyl groups excluding tert-OH is 1. The number of benzene rings is 2. The van der Waals surface area contributed by atoms with Crippen molar-refractivity contribution in [2.75, 3.05) is 5.32 Å². The lowest BCUT2D eigenvalue weighted by atomic mass is 10.1. The molecule has 0 aliphatic carbocycles. The van der Waals surface area contributed by atoms with Gasteiger partial charge in [-0.05, 0) is 42.3 Å². The molecule has 172 valence electrons. The maximum Gasteiger partial charge on any atom is 0.336 e. The minimum Gasteiger partial charge on any atom is -0.516 e. The van der Waals surface area contributed by atoms with Crippen molar-refractivity contribution in [2.45, 2.75) is 39.2 Å². The molecule has 7 nitrogen and oxygen atoms in total. The summed E-state index contributed by atoms with van der Waals surface area (Å²) in [6.45, 7) is 2.66. The molecule has 0 fully saturated rings. The lowest BCUT2D eigenvalue weighted by Crippen LogP contribution is -2.16. The number of aromatic carboxylic acids is 1. The second-order valence-corrected chi connectivity index (χ2v) is 7.90. The Bertz CT molecular complexity index is 1150. The summed E-state index contributed by atoms with van der Waals surface area (Å²) >= 11 is 6.37. The fourth-order valence-corrected chi connectivity index (χ4v) is 3.80. The van der Waals surface area contributed by atoms with Crippen molar-refractivity contribution >= 4 is 29.2 Å². The van der Waals surface area contributed by atoms with Crippen LogP contribution in [0.1, 0.15) is 57.6 Å². The molecule has 0 saturated carbocycles. The number of nitrogens with zero attached hydrogens (tertiary/aromatic N) is 2. The van der Waals surface area contributed by atoms with Crippen molar-refractivity contribution in [3.05, 3.63) is 94.2 Å². The molecule has 0 unspecified atom stereocenters. The number of aromatic nitrogens is 2. The van der Waals surface area contributed by atoms with Crippen molar-refractivity contribution in [3.8, 4) is 0 Å². The van der Waals surface area contributed by atoms with Crippen molar-refractivity contribution in [1.29, 1.82) is 0 Å². The van der Waals surface area contributed by atoms with Gasteiger partial charge in [-0.2, -0.15) is 0 Å². The van der Waals surface area contributed by atoms with Crippen molar-refractivity contribution in [1.82, 2.24) is 9.55 Å². The lowest BCUT2D eigenvalue weighted by molar-refractivity contribution is 0.0692. The zero-order valence-electron chi connectivity index (χ0n) is 18.3. The first-order chi connectivity index (χ1) is 15.9. The second kappa shape index (κ2) is 11.3. The van der Waals surface area contributed by atoms with Gasteiger partial charge in [-0.1, -0.05) is 49.2 Å². The Morgan fingerprint density at radius 2 is 1.82 bits per heavy atom. The summed E-state index contributed by atoms with van der Waals surface area (Å²) in [5.41, 5.74) is 2.43. The standard InChI is InChI=1S/C25H26ClN3O4/c1-2-3-10-22-28-23(26)21(9-6-15-30)29(22)16-17-11-13-18(14-12-17)27-24(31)19-7-4-5-8-20(19)25(32)33/h4-8,11-15,30H,2-3,9-10,16H2,1H3,(H,27,31)(H,32,33)/b15-6-. The summed E-state index contributed by atoms with van der Waals surface area (Å²) in [5.74, 6) is -0.742. The van der Waals surface area contributed by atoms with Crippen LogP contribution in [0.3, 0.4) is 0 Å². The first kappa shape index (κ1) is 24.1. The van der Waals surface area contributed by atoms with E-state index in [1.54, 1.807) is 30.3 Å². The lowest BCUT2D eigenvalue weighted by Gasteiger charge is -2.13. The molecule has 0 atom stereocenters. The molecule has 0 aliphatic rings. The summed E-state index contributed by atoms with van der Waals surface area (Å²) in [6, 6.07) is 13.4. The van der Waals surface area contributed by atoms with Gasteiger partial charge in [0.2, 0.25) is 0 Å². The minimum absolute atomic E-state index is 0.0485. The molecule has 3 rings (SSSR count). The van der Waals surface area contributed by atoms with E-state index in [0.717, 1.165) is 42.6 Å². The molecule has 3 N–H and O–H groups in total. The number of anilines is 1. The highest BCUT2D eigenvalue weighted by Crippen LogP contribution is 2.22. The predicted molar refractivity (Wildman–Crippen MR) is 128 cm³/mol. The number of carboxylic acids is 1. The van der Waals surface area contributed by atoms with Crippen LogP contribution in [-0.4, -0.2) is 31.6 Å². The number of nitrogens with one attached hydrogen (secondary N) is 1. The second-order valence-electron chi connectivity index (χ2n) is 7.55. The maximum absolute atomic E-state index is 12.6. The first-order valence-corrected chi connectivity index (χ1v) is 11.1. The van der Waals surface area contributed by atoms with Gasteiger partial charge < -0.3 is 20.1 Å². The molecule has 1 aromatic heterocycles. The number of hydrogen-bond acceptors (Lipinski definition) is 4.